The molecule has 1 atom stereocenters. The molecule has 3 nitrogen and oxygen atoms in total. The van der Waals surface area contributed by atoms with Crippen molar-refractivity contribution in [2.24, 2.45) is 0 Å². The Morgan fingerprint density at radius 2 is 2.36 bits per heavy atom. The van der Waals surface area contributed by atoms with E-state index in [1.807, 2.05) is 26.4 Å². The van der Waals surface area contributed by atoms with E-state index in [2.05, 4.69) is 11.1 Å². The molecule has 1 rings (SSSR count). The molecule has 0 bridgehead atoms. The summed E-state index contributed by atoms with van der Waals surface area (Å²) < 4.78 is 0. The van der Waals surface area contributed by atoms with Crippen LogP contribution in [0, 0.1) is 11.5 Å². The predicted octanol–water partition coefficient (Wildman–Crippen LogP) is 0.965. The molecule has 1 aliphatic heterocycles. The van der Waals surface area contributed by atoms with Gasteiger partial charge in [0.1, 0.15) is 0 Å². The molecule has 0 N–H and O–H groups in total. The fourth-order valence-electron chi connectivity index (χ4n) is 1.28. The first kappa shape index (κ1) is 8.09. The molecule has 0 aliphatic carbocycles. The van der Waals surface area contributed by atoms with Crippen LogP contribution in [0.1, 0.15) is 12.8 Å². The van der Waals surface area contributed by atoms with Crippen LogP contribution in [0.2, 0.25) is 0 Å². The molecule has 1 heterocycles. The van der Waals surface area contributed by atoms with E-state index in [0.717, 1.165) is 12.8 Å². The summed E-state index contributed by atoms with van der Waals surface area (Å²) in [5, 5.41) is 8.71. The van der Waals surface area contributed by atoms with Crippen LogP contribution in [0.4, 0.5) is 0 Å². The summed E-state index contributed by atoms with van der Waals surface area (Å²) in [6.45, 7) is 0. The van der Waals surface area contributed by atoms with E-state index < -0.39 is 0 Å². The molecule has 0 amide bonds. The van der Waals surface area contributed by atoms with E-state index in [4.69, 9.17) is 5.26 Å². The van der Waals surface area contributed by atoms with Gasteiger partial charge in [0.15, 0.2) is 6.19 Å². The highest BCUT2D eigenvalue weighted by molar-refractivity contribution is 4.98. The van der Waals surface area contributed by atoms with Crippen molar-refractivity contribution in [2.75, 3.05) is 14.1 Å². The largest absolute Gasteiger partial charge is 0.289 e. The van der Waals surface area contributed by atoms with E-state index in [-0.39, 0.29) is 6.17 Å². The smallest absolute Gasteiger partial charge is 0.185 e. The molecule has 0 unspecified atom stereocenters. The van der Waals surface area contributed by atoms with Gasteiger partial charge < -0.3 is 0 Å². The number of allylic oxidation sites excluding steroid dienone is 1. The molecule has 0 radical (unpaired) electrons. The molecule has 0 spiro atoms. The molecule has 0 aromatic heterocycles. The average molecular weight is 151 g/mol. The zero-order chi connectivity index (χ0) is 8.27. The lowest BCUT2D eigenvalue weighted by atomic mass is 10.2. The molecular formula is C8H13N3. The highest BCUT2D eigenvalue weighted by Crippen LogP contribution is 2.14. The minimum atomic E-state index is 0.255. The summed E-state index contributed by atoms with van der Waals surface area (Å²) in [5.74, 6) is 0. The Morgan fingerprint density at radius 3 is 2.82 bits per heavy atom. The van der Waals surface area contributed by atoms with Gasteiger partial charge in [-0.15, -0.1) is 0 Å². The zero-order valence-corrected chi connectivity index (χ0v) is 6.99. The van der Waals surface area contributed by atoms with Crippen LogP contribution in [-0.2, 0) is 0 Å². The maximum Gasteiger partial charge on any atom is 0.185 e. The molecule has 3 heteroatoms. The second-order valence-electron chi connectivity index (χ2n) is 2.91. The second kappa shape index (κ2) is 3.40. The van der Waals surface area contributed by atoms with Gasteiger partial charge in [0.25, 0.3) is 0 Å². The van der Waals surface area contributed by atoms with Crippen molar-refractivity contribution >= 4 is 0 Å². The molecule has 0 fully saturated rings. The third-order valence-corrected chi connectivity index (χ3v) is 1.89. The van der Waals surface area contributed by atoms with Gasteiger partial charge in [-0.25, -0.2) is 0 Å². The summed E-state index contributed by atoms with van der Waals surface area (Å²) in [7, 11) is 3.99. The Bertz CT molecular complexity index is 190. The summed E-state index contributed by atoms with van der Waals surface area (Å²) in [5.41, 5.74) is 0. The van der Waals surface area contributed by atoms with E-state index in [0.29, 0.717) is 0 Å². The lowest BCUT2D eigenvalue weighted by Gasteiger charge is -2.31. The number of hydrogen-bond donors (Lipinski definition) is 0. The second-order valence-corrected chi connectivity index (χ2v) is 2.91. The van der Waals surface area contributed by atoms with Crippen molar-refractivity contribution in [2.45, 2.75) is 19.0 Å². The van der Waals surface area contributed by atoms with Gasteiger partial charge in [-0.05, 0) is 26.9 Å². The Morgan fingerprint density at radius 1 is 1.64 bits per heavy atom. The molecule has 0 saturated heterocycles. The lowest BCUT2D eigenvalue weighted by Crippen LogP contribution is -2.40. The highest BCUT2D eigenvalue weighted by atomic mass is 15.3. The van der Waals surface area contributed by atoms with Gasteiger partial charge in [-0.1, -0.05) is 6.08 Å². The van der Waals surface area contributed by atoms with Gasteiger partial charge in [-0.3, -0.25) is 9.80 Å². The SMILES string of the molecule is CN(C)[C@H]1CCC=CN1C#N. The van der Waals surface area contributed by atoms with Crippen LogP contribution in [0.25, 0.3) is 0 Å². The quantitative estimate of drug-likeness (QED) is 0.523. The predicted molar refractivity (Wildman–Crippen MR) is 43.3 cm³/mol. The number of nitriles is 1. The zero-order valence-electron chi connectivity index (χ0n) is 6.99. The molecule has 11 heavy (non-hydrogen) atoms. The van der Waals surface area contributed by atoms with Crippen molar-refractivity contribution in [3.8, 4) is 6.19 Å². The van der Waals surface area contributed by atoms with E-state index in [1.54, 1.807) is 4.90 Å². The van der Waals surface area contributed by atoms with Crippen LogP contribution in [0.5, 0.6) is 0 Å². The maximum absolute atomic E-state index is 8.71. The van der Waals surface area contributed by atoms with Gasteiger partial charge >= 0.3 is 0 Å². The highest BCUT2D eigenvalue weighted by Gasteiger charge is 2.18. The topological polar surface area (TPSA) is 30.3 Å². The van der Waals surface area contributed by atoms with Gasteiger partial charge in [0.2, 0.25) is 0 Å². The Hall–Kier alpha value is -1.01. The lowest BCUT2D eigenvalue weighted by molar-refractivity contribution is 0.154. The van der Waals surface area contributed by atoms with Gasteiger partial charge in [0.05, 0.1) is 6.17 Å². The Labute approximate surface area is 67.5 Å². The fourth-order valence-corrected chi connectivity index (χ4v) is 1.28. The van der Waals surface area contributed by atoms with Crippen molar-refractivity contribution in [3.05, 3.63) is 12.3 Å². The molecule has 0 aromatic carbocycles. The molecule has 0 aromatic rings. The summed E-state index contributed by atoms with van der Waals surface area (Å²) in [6, 6.07) is 0. The monoisotopic (exact) mass is 151 g/mol. The van der Waals surface area contributed by atoms with Crippen LogP contribution < -0.4 is 0 Å². The van der Waals surface area contributed by atoms with E-state index >= 15 is 0 Å². The molecule has 60 valence electrons. The minimum absolute atomic E-state index is 0.255. The van der Waals surface area contributed by atoms with Crippen molar-refractivity contribution in [3.63, 3.8) is 0 Å². The Kier molecular flexibility index (Phi) is 2.50. The van der Waals surface area contributed by atoms with Gasteiger partial charge in [-0.2, -0.15) is 5.26 Å². The van der Waals surface area contributed by atoms with Crippen LogP contribution in [0.15, 0.2) is 12.3 Å². The third-order valence-electron chi connectivity index (χ3n) is 1.89. The first-order valence-electron chi connectivity index (χ1n) is 3.77. The molecule has 0 saturated carbocycles. The average Bonchev–Trinajstić information content (AvgIpc) is 2.04. The molecular weight excluding hydrogens is 138 g/mol. The first-order valence-corrected chi connectivity index (χ1v) is 3.77. The van der Waals surface area contributed by atoms with Crippen LogP contribution >= 0.6 is 0 Å². The first-order chi connectivity index (χ1) is 5.25. The van der Waals surface area contributed by atoms with Crippen LogP contribution in [-0.4, -0.2) is 30.1 Å². The summed E-state index contributed by atoms with van der Waals surface area (Å²) in [6.07, 6.45) is 8.39. The maximum atomic E-state index is 8.71. The fraction of sp³-hybridized carbons (Fsp3) is 0.625. The minimum Gasteiger partial charge on any atom is -0.289 e. The third kappa shape index (κ3) is 1.72. The standard InChI is InChI=1S/C8H13N3/c1-10(2)8-5-3-4-6-11(8)7-9/h4,6,8H,3,5H2,1-2H3/t8-/m1/s1. The van der Waals surface area contributed by atoms with Gasteiger partial charge in [0, 0.05) is 6.20 Å². The molecule has 1 aliphatic rings. The summed E-state index contributed by atoms with van der Waals surface area (Å²) in [4.78, 5) is 3.75. The Balaban J connectivity index is 2.65. The van der Waals surface area contributed by atoms with Crippen molar-refractivity contribution in [1.29, 1.82) is 5.26 Å². The summed E-state index contributed by atoms with van der Waals surface area (Å²) >= 11 is 0. The number of hydrogen-bond acceptors (Lipinski definition) is 3. The number of rotatable bonds is 1. The van der Waals surface area contributed by atoms with E-state index in [9.17, 15) is 0 Å². The van der Waals surface area contributed by atoms with E-state index in [1.165, 1.54) is 0 Å². The van der Waals surface area contributed by atoms with Crippen LogP contribution in [0.3, 0.4) is 0 Å². The van der Waals surface area contributed by atoms with Crippen molar-refractivity contribution in [1.82, 2.24) is 9.80 Å². The number of nitrogens with zero attached hydrogens (tertiary/aromatic N) is 3. The van der Waals surface area contributed by atoms with Crippen molar-refractivity contribution < 1.29 is 0 Å². The normalized spacial score (nSPS) is 23.8.